The minimum Gasteiger partial charge on any atom is -0.369 e. The van der Waals surface area contributed by atoms with Gasteiger partial charge in [0.1, 0.15) is 0 Å². The second-order valence-electron chi connectivity index (χ2n) is 7.63. The van der Waals surface area contributed by atoms with E-state index in [1.807, 2.05) is 12.1 Å². The summed E-state index contributed by atoms with van der Waals surface area (Å²) in [6.45, 7) is 5.67. The van der Waals surface area contributed by atoms with Gasteiger partial charge in [0.25, 0.3) is 0 Å². The molecular weight excluding hydrogens is 328 g/mol. The molecule has 142 valence electrons. The van der Waals surface area contributed by atoms with Crippen LogP contribution >= 0.6 is 0 Å². The third kappa shape index (κ3) is 4.83. The Hall–Kier alpha value is -1.92. The Kier molecular flexibility index (Phi) is 6.27. The number of nitrogens with two attached hydrogens (primary N) is 1. The number of likely N-dealkylation sites (tertiary alicyclic amines) is 1. The summed E-state index contributed by atoms with van der Waals surface area (Å²) in [4.78, 5) is 26.2. The van der Waals surface area contributed by atoms with Gasteiger partial charge in [-0.25, -0.2) is 0 Å². The lowest BCUT2D eigenvalue weighted by Crippen LogP contribution is -2.44. The number of anilines is 1. The number of rotatable bonds is 5. The Morgan fingerprint density at radius 2 is 2.04 bits per heavy atom. The number of hydrogen-bond acceptors (Lipinski definition) is 4. The van der Waals surface area contributed by atoms with Gasteiger partial charge in [-0.1, -0.05) is 12.1 Å². The first-order chi connectivity index (χ1) is 12.5. The van der Waals surface area contributed by atoms with Crippen LogP contribution in [0.3, 0.4) is 0 Å². The van der Waals surface area contributed by atoms with Gasteiger partial charge < -0.3 is 16.4 Å². The maximum atomic E-state index is 12.6. The van der Waals surface area contributed by atoms with Gasteiger partial charge in [-0.05, 0) is 69.9 Å². The average molecular weight is 358 g/mol. The summed E-state index contributed by atoms with van der Waals surface area (Å²) in [5.74, 6) is -0.0342. The fourth-order valence-electron chi connectivity index (χ4n) is 4.02. The maximum Gasteiger partial charge on any atom is 0.229 e. The second kappa shape index (κ2) is 8.64. The zero-order chi connectivity index (χ0) is 18.5. The fraction of sp³-hybridized carbons (Fsp3) is 0.600. The Morgan fingerprint density at radius 1 is 1.27 bits per heavy atom. The van der Waals surface area contributed by atoms with Crippen molar-refractivity contribution in [1.29, 1.82) is 0 Å². The van der Waals surface area contributed by atoms with Gasteiger partial charge in [-0.2, -0.15) is 0 Å². The lowest BCUT2D eigenvalue weighted by Gasteiger charge is -2.30. The van der Waals surface area contributed by atoms with E-state index in [2.05, 4.69) is 34.6 Å². The van der Waals surface area contributed by atoms with Crippen molar-refractivity contribution in [3.05, 3.63) is 29.8 Å². The van der Waals surface area contributed by atoms with E-state index in [9.17, 15) is 9.59 Å². The predicted octanol–water partition coefficient (Wildman–Crippen LogP) is 1.71. The van der Waals surface area contributed by atoms with Crippen LogP contribution in [0.25, 0.3) is 0 Å². The van der Waals surface area contributed by atoms with Gasteiger partial charge >= 0.3 is 0 Å². The van der Waals surface area contributed by atoms with Crippen LogP contribution in [0.1, 0.15) is 38.2 Å². The van der Waals surface area contributed by atoms with E-state index in [0.29, 0.717) is 0 Å². The van der Waals surface area contributed by atoms with E-state index < -0.39 is 0 Å². The van der Waals surface area contributed by atoms with Crippen molar-refractivity contribution < 1.29 is 9.59 Å². The number of carbonyl (C=O) groups excluding carboxylic acids is 2. The number of nitrogens with one attached hydrogen (secondary N) is 2. The lowest BCUT2D eigenvalue weighted by molar-refractivity contribution is -0.123. The number of amides is 2. The Bertz CT molecular complexity index is 640. The molecule has 26 heavy (non-hydrogen) atoms. The first kappa shape index (κ1) is 18.9. The maximum absolute atomic E-state index is 12.6. The Balaban J connectivity index is 1.55. The summed E-state index contributed by atoms with van der Waals surface area (Å²) in [6.07, 6.45) is 3.65. The number of benzene rings is 1. The number of carbonyl (C=O) groups is 2. The summed E-state index contributed by atoms with van der Waals surface area (Å²) in [6, 6.07) is 8.30. The molecule has 2 heterocycles. The molecule has 0 bridgehead atoms. The molecule has 0 spiro atoms. The first-order valence-electron chi connectivity index (χ1n) is 9.68. The van der Waals surface area contributed by atoms with Gasteiger partial charge in [0, 0.05) is 24.2 Å². The third-order valence-electron chi connectivity index (χ3n) is 5.69. The van der Waals surface area contributed by atoms with Crippen molar-refractivity contribution >= 4 is 17.5 Å². The summed E-state index contributed by atoms with van der Waals surface area (Å²) >= 11 is 0. The van der Waals surface area contributed by atoms with Gasteiger partial charge in [-0.15, -0.1) is 0 Å². The molecule has 6 heteroatoms. The van der Waals surface area contributed by atoms with Crippen LogP contribution in [0.5, 0.6) is 0 Å². The smallest absolute Gasteiger partial charge is 0.229 e. The molecule has 2 saturated heterocycles. The molecule has 1 aromatic carbocycles. The SMILES string of the molecule is C[C@H]1NCCC[C@H]1C(=O)Nc1cccc(CN2CCC(C(N)=O)CC2)c1. The third-order valence-corrected chi connectivity index (χ3v) is 5.69. The van der Waals surface area contributed by atoms with Gasteiger partial charge in [0.2, 0.25) is 11.8 Å². The van der Waals surface area contributed by atoms with Gasteiger partial charge in [-0.3, -0.25) is 14.5 Å². The van der Waals surface area contributed by atoms with E-state index in [4.69, 9.17) is 5.73 Å². The molecule has 2 amide bonds. The largest absolute Gasteiger partial charge is 0.369 e. The number of hydrogen-bond donors (Lipinski definition) is 3. The average Bonchev–Trinajstić information content (AvgIpc) is 2.63. The van der Waals surface area contributed by atoms with E-state index in [0.717, 1.165) is 57.5 Å². The Labute approximate surface area is 155 Å². The number of piperidine rings is 2. The molecule has 3 rings (SSSR count). The molecule has 0 radical (unpaired) electrons. The molecule has 2 atom stereocenters. The molecule has 0 aliphatic carbocycles. The topological polar surface area (TPSA) is 87.5 Å². The van der Waals surface area contributed by atoms with E-state index in [1.165, 1.54) is 5.56 Å². The zero-order valence-corrected chi connectivity index (χ0v) is 15.5. The molecule has 0 unspecified atom stereocenters. The minimum atomic E-state index is -0.180. The molecule has 4 N–H and O–H groups in total. The van der Waals surface area contributed by atoms with Crippen LogP contribution in [0, 0.1) is 11.8 Å². The second-order valence-corrected chi connectivity index (χ2v) is 7.63. The van der Waals surface area contributed by atoms with Crippen LogP contribution in [-0.4, -0.2) is 42.4 Å². The van der Waals surface area contributed by atoms with Crippen molar-refractivity contribution in [2.45, 2.75) is 45.2 Å². The minimum absolute atomic E-state index is 0.0166. The predicted molar refractivity (Wildman–Crippen MR) is 102 cm³/mol. The van der Waals surface area contributed by atoms with Crippen LogP contribution in [-0.2, 0) is 16.1 Å². The van der Waals surface area contributed by atoms with Crippen molar-refractivity contribution in [3.63, 3.8) is 0 Å². The molecule has 1 aromatic rings. The zero-order valence-electron chi connectivity index (χ0n) is 15.5. The Morgan fingerprint density at radius 3 is 2.73 bits per heavy atom. The van der Waals surface area contributed by atoms with E-state index in [1.54, 1.807) is 0 Å². The van der Waals surface area contributed by atoms with Crippen molar-refractivity contribution in [2.75, 3.05) is 25.0 Å². The van der Waals surface area contributed by atoms with Gasteiger partial charge in [0.15, 0.2) is 0 Å². The molecular formula is C20H30N4O2. The highest BCUT2D eigenvalue weighted by atomic mass is 16.2. The van der Waals surface area contributed by atoms with Crippen molar-refractivity contribution in [3.8, 4) is 0 Å². The highest BCUT2D eigenvalue weighted by Crippen LogP contribution is 2.22. The number of primary amides is 1. The molecule has 0 saturated carbocycles. The van der Waals surface area contributed by atoms with E-state index in [-0.39, 0.29) is 29.7 Å². The van der Waals surface area contributed by atoms with Gasteiger partial charge in [0.05, 0.1) is 5.92 Å². The summed E-state index contributed by atoms with van der Waals surface area (Å²) < 4.78 is 0. The standard InChI is InChI=1S/C20H30N4O2/c1-14-18(6-3-9-22-14)20(26)23-17-5-2-4-15(12-17)13-24-10-7-16(8-11-24)19(21)25/h2,4-5,12,14,16,18,22H,3,6-11,13H2,1H3,(H2,21,25)(H,23,26)/t14-,18-/m1/s1. The fourth-order valence-corrected chi connectivity index (χ4v) is 4.02. The molecule has 2 fully saturated rings. The van der Waals surface area contributed by atoms with Crippen LogP contribution in [0.15, 0.2) is 24.3 Å². The van der Waals surface area contributed by atoms with Crippen molar-refractivity contribution in [2.24, 2.45) is 17.6 Å². The molecule has 0 aromatic heterocycles. The van der Waals surface area contributed by atoms with Crippen LogP contribution in [0.2, 0.25) is 0 Å². The summed E-state index contributed by atoms with van der Waals surface area (Å²) in [5.41, 5.74) is 7.44. The lowest BCUT2D eigenvalue weighted by atomic mass is 9.91. The van der Waals surface area contributed by atoms with E-state index >= 15 is 0 Å². The highest BCUT2D eigenvalue weighted by molar-refractivity contribution is 5.93. The summed E-state index contributed by atoms with van der Waals surface area (Å²) in [5, 5.41) is 6.46. The number of nitrogens with zero attached hydrogens (tertiary/aromatic N) is 1. The summed E-state index contributed by atoms with van der Waals surface area (Å²) in [7, 11) is 0. The van der Waals surface area contributed by atoms with Crippen LogP contribution < -0.4 is 16.4 Å². The molecule has 2 aliphatic heterocycles. The van der Waals surface area contributed by atoms with Crippen LogP contribution in [0.4, 0.5) is 5.69 Å². The van der Waals surface area contributed by atoms with Crippen molar-refractivity contribution in [1.82, 2.24) is 10.2 Å². The first-order valence-corrected chi connectivity index (χ1v) is 9.68. The quantitative estimate of drug-likeness (QED) is 0.748. The monoisotopic (exact) mass is 358 g/mol. The highest BCUT2D eigenvalue weighted by Gasteiger charge is 2.27. The normalized spacial score (nSPS) is 25.0. The molecule has 2 aliphatic rings. The molecule has 6 nitrogen and oxygen atoms in total.